The van der Waals surface area contributed by atoms with Crippen molar-refractivity contribution < 1.29 is 9.72 Å². The number of thioether (sulfide) groups is 1. The van der Waals surface area contributed by atoms with Crippen LogP contribution in [-0.2, 0) is 4.79 Å². The average Bonchev–Trinajstić information content (AvgIpc) is 2.81. The first kappa shape index (κ1) is 16.6. The fourth-order valence-corrected chi connectivity index (χ4v) is 3.68. The topological polar surface area (TPSA) is 63.5 Å². The van der Waals surface area contributed by atoms with E-state index in [-0.39, 0.29) is 11.6 Å². The number of hydrogen-bond donors (Lipinski definition) is 0. The number of benzene rings is 2. The number of hydrogen-bond acceptors (Lipinski definition) is 5. The summed E-state index contributed by atoms with van der Waals surface area (Å²) in [7, 11) is 0. The maximum atomic E-state index is 12.6. The molecule has 0 radical (unpaired) electrons. The maximum absolute atomic E-state index is 12.6. The van der Waals surface area contributed by atoms with E-state index in [0.717, 1.165) is 17.3 Å². The van der Waals surface area contributed by atoms with Gasteiger partial charge in [-0.25, -0.2) is 0 Å². The number of carbonyl (C=O) groups excluding carboxylic acids is 1. The first-order chi connectivity index (χ1) is 11.5. The highest BCUT2D eigenvalue weighted by atomic mass is 35.5. The Kier molecular flexibility index (Phi) is 4.66. The zero-order valence-electron chi connectivity index (χ0n) is 12.0. The van der Waals surface area contributed by atoms with Crippen molar-refractivity contribution >= 4 is 63.3 Å². The van der Waals surface area contributed by atoms with Crippen LogP contribution in [0.15, 0.2) is 53.4 Å². The molecule has 1 fully saturated rings. The van der Waals surface area contributed by atoms with Crippen LogP contribution in [0.4, 0.5) is 11.4 Å². The lowest BCUT2D eigenvalue weighted by Gasteiger charge is -2.13. The summed E-state index contributed by atoms with van der Waals surface area (Å²) in [5.41, 5.74) is 1.06. The van der Waals surface area contributed by atoms with Gasteiger partial charge >= 0.3 is 0 Å². The molecule has 2 aromatic rings. The van der Waals surface area contributed by atoms with Crippen molar-refractivity contribution in [2.45, 2.75) is 0 Å². The van der Waals surface area contributed by atoms with E-state index in [2.05, 4.69) is 0 Å². The van der Waals surface area contributed by atoms with E-state index in [1.165, 1.54) is 23.1 Å². The van der Waals surface area contributed by atoms with Gasteiger partial charge in [-0.05, 0) is 29.8 Å². The summed E-state index contributed by atoms with van der Waals surface area (Å²) in [4.78, 5) is 24.8. The quantitative estimate of drug-likeness (QED) is 0.337. The summed E-state index contributed by atoms with van der Waals surface area (Å²) in [5, 5.41) is 11.5. The van der Waals surface area contributed by atoms with E-state index in [4.69, 9.17) is 23.8 Å². The van der Waals surface area contributed by atoms with Gasteiger partial charge in [-0.2, -0.15) is 0 Å². The van der Waals surface area contributed by atoms with Crippen molar-refractivity contribution in [2.24, 2.45) is 0 Å². The Bertz CT molecular complexity index is 898. The molecule has 0 spiro atoms. The number of thiocarbonyl (C=S) groups is 1. The van der Waals surface area contributed by atoms with E-state index >= 15 is 0 Å². The summed E-state index contributed by atoms with van der Waals surface area (Å²) in [6.45, 7) is 0. The number of halogens is 1. The molecule has 3 rings (SSSR count). The second-order valence-electron chi connectivity index (χ2n) is 4.85. The summed E-state index contributed by atoms with van der Waals surface area (Å²) in [5.74, 6) is -0.314. The Morgan fingerprint density at radius 1 is 1.21 bits per heavy atom. The van der Waals surface area contributed by atoms with E-state index in [0.29, 0.717) is 19.9 Å². The van der Waals surface area contributed by atoms with Crippen molar-refractivity contribution in [1.82, 2.24) is 0 Å². The molecule has 0 N–H and O–H groups in total. The largest absolute Gasteiger partial charge is 0.271 e. The molecular formula is C16H9ClN2O3S2. The average molecular weight is 377 g/mol. The molecule has 1 saturated heterocycles. The Morgan fingerprint density at radius 3 is 2.67 bits per heavy atom. The smallest absolute Gasteiger partial charge is 0.268 e. The highest BCUT2D eigenvalue weighted by Crippen LogP contribution is 2.37. The third-order valence-electron chi connectivity index (χ3n) is 3.24. The zero-order chi connectivity index (χ0) is 17.3. The molecule has 0 bridgehead atoms. The predicted molar refractivity (Wildman–Crippen MR) is 100 cm³/mol. The molecule has 1 aliphatic rings. The highest BCUT2D eigenvalue weighted by Gasteiger charge is 2.33. The van der Waals surface area contributed by atoms with Gasteiger partial charge in [0.2, 0.25) is 0 Å². The molecule has 0 atom stereocenters. The van der Waals surface area contributed by atoms with Crippen LogP contribution in [0.1, 0.15) is 5.56 Å². The molecule has 120 valence electrons. The molecule has 0 saturated carbocycles. The number of rotatable bonds is 3. The summed E-state index contributed by atoms with van der Waals surface area (Å²) < 4.78 is 0.328. The molecule has 0 aromatic heterocycles. The van der Waals surface area contributed by atoms with Gasteiger partial charge in [0, 0.05) is 17.2 Å². The Hall–Kier alpha value is -2.22. The Morgan fingerprint density at radius 2 is 1.96 bits per heavy atom. The van der Waals surface area contributed by atoms with Gasteiger partial charge in [0.25, 0.3) is 11.6 Å². The fraction of sp³-hybridized carbons (Fsp3) is 0. The summed E-state index contributed by atoms with van der Waals surface area (Å²) >= 11 is 12.4. The van der Waals surface area contributed by atoms with E-state index in [1.807, 2.05) is 6.07 Å². The van der Waals surface area contributed by atoms with Crippen molar-refractivity contribution in [3.8, 4) is 0 Å². The third kappa shape index (κ3) is 3.33. The predicted octanol–water partition coefficient (Wildman–Crippen LogP) is 4.65. The lowest BCUT2D eigenvalue weighted by atomic mass is 10.2. The van der Waals surface area contributed by atoms with Crippen molar-refractivity contribution in [3.63, 3.8) is 0 Å². The van der Waals surface area contributed by atoms with Crippen molar-refractivity contribution in [3.05, 3.63) is 74.1 Å². The first-order valence-corrected chi connectivity index (χ1v) is 8.34. The van der Waals surface area contributed by atoms with Gasteiger partial charge in [0.1, 0.15) is 0 Å². The minimum absolute atomic E-state index is 0.0969. The maximum Gasteiger partial charge on any atom is 0.271 e. The van der Waals surface area contributed by atoms with Crippen LogP contribution in [0.25, 0.3) is 6.08 Å². The van der Waals surface area contributed by atoms with Gasteiger partial charge in [-0.3, -0.25) is 19.8 Å². The number of non-ortho nitro benzene ring substituents is 1. The molecule has 0 unspecified atom stereocenters. The second kappa shape index (κ2) is 6.72. The third-order valence-corrected chi connectivity index (χ3v) is 4.78. The number of amides is 1. The molecule has 5 nitrogen and oxygen atoms in total. The van der Waals surface area contributed by atoms with Crippen LogP contribution >= 0.6 is 35.6 Å². The fourth-order valence-electron chi connectivity index (χ4n) is 2.18. The number of nitrogens with zero attached hydrogens (tertiary/aromatic N) is 2. The molecule has 1 amide bonds. The molecule has 2 aromatic carbocycles. The van der Waals surface area contributed by atoms with Crippen molar-refractivity contribution in [2.75, 3.05) is 4.90 Å². The van der Waals surface area contributed by atoms with Crippen LogP contribution in [0, 0.1) is 10.1 Å². The van der Waals surface area contributed by atoms with Gasteiger partial charge in [0.15, 0.2) is 4.32 Å². The van der Waals surface area contributed by atoms with Crippen LogP contribution < -0.4 is 4.90 Å². The van der Waals surface area contributed by atoms with E-state index < -0.39 is 4.92 Å². The Labute approximate surface area is 152 Å². The lowest BCUT2D eigenvalue weighted by molar-refractivity contribution is -0.384. The SMILES string of the molecule is O=C1/C(=C/c2cccc(Cl)c2)SC(=S)N1c1cccc([N+](=O)[O-])c1. The first-order valence-electron chi connectivity index (χ1n) is 6.74. The molecule has 1 heterocycles. The number of anilines is 1. The summed E-state index contributed by atoms with van der Waals surface area (Å²) in [6.07, 6.45) is 1.70. The van der Waals surface area contributed by atoms with Gasteiger partial charge in [-0.15, -0.1) is 0 Å². The number of nitro groups is 1. The normalized spacial score (nSPS) is 16.0. The van der Waals surface area contributed by atoms with E-state index in [1.54, 1.807) is 30.3 Å². The molecular weight excluding hydrogens is 368 g/mol. The van der Waals surface area contributed by atoms with Crippen LogP contribution in [0.2, 0.25) is 5.02 Å². The highest BCUT2D eigenvalue weighted by molar-refractivity contribution is 8.27. The Balaban J connectivity index is 1.95. The molecule has 24 heavy (non-hydrogen) atoms. The van der Waals surface area contributed by atoms with Crippen LogP contribution in [-0.4, -0.2) is 15.2 Å². The summed E-state index contributed by atoms with van der Waals surface area (Å²) in [6, 6.07) is 12.9. The van der Waals surface area contributed by atoms with Crippen LogP contribution in [0.5, 0.6) is 0 Å². The van der Waals surface area contributed by atoms with Gasteiger partial charge < -0.3 is 0 Å². The minimum Gasteiger partial charge on any atom is -0.268 e. The van der Waals surface area contributed by atoms with Gasteiger partial charge in [0.05, 0.1) is 15.5 Å². The van der Waals surface area contributed by atoms with E-state index in [9.17, 15) is 14.9 Å². The second-order valence-corrected chi connectivity index (χ2v) is 6.96. The minimum atomic E-state index is -0.511. The lowest BCUT2D eigenvalue weighted by Crippen LogP contribution is -2.27. The number of carbonyl (C=O) groups is 1. The molecule has 8 heteroatoms. The number of nitro benzene ring substituents is 1. The zero-order valence-corrected chi connectivity index (χ0v) is 14.4. The standard InChI is InChI=1S/C16H9ClN2O3S2/c17-11-4-1-3-10(7-11)8-14-15(20)18(16(23)24-14)12-5-2-6-13(9-12)19(21)22/h1-9H/b14-8-. The monoisotopic (exact) mass is 376 g/mol. The van der Waals surface area contributed by atoms with Crippen LogP contribution in [0.3, 0.4) is 0 Å². The van der Waals surface area contributed by atoms with Gasteiger partial charge in [-0.1, -0.05) is 53.8 Å². The molecule has 0 aliphatic carbocycles. The molecule has 1 aliphatic heterocycles. The van der Waals surface area contributed by atoms with Crippen molar-refractivity contribution in [1.29, 1.82) is 0 Å².